The van der Waals surface area contributed by atoms with Gasteiger partial charge in [-0.15, -0.1) is 0 Å². The monoisotopic (exact) mass is 445 g/mol. The number of halogens is 1. The zero-order valence-corrected chi connectivity index (χ0v) is 17.7. The summed E-state index contributed by atoms with van der Waals surface area (Å²) in [4.78, 5) is 11.6. The van der Waals surface area contributed by atoms with Crippen molar-refractivity contribution >= 4 is 33.2 Å². The van der Waals surface area contributed by atoms with Crippen LogP contribution >= 0.6 is 15.9 Å². The van der Waals surface area contributed by atoms with Gasteiger partial charge >= 0.3 is 0 Å². The van der Waals surface area contributed by atoms with Crippen LogP contribution in [0.5, 0.6) is 5.75 Å². The summed E-state index contributed by atoms with van der Waals surface area (Å²) >= 11 is 3.63. The minimum atomic E-state index is 0.726. The molecule has 28 heavy (non-hydrogen) atoms. The Bertz CT molecular complexity index is 969. The molecule has 1 aliphatic heterocycles. The molecule has 1 saturated heterocycles. The van der Waals surface area contributed by atoms with Crippen LogP contribution in [0.15, 0.2) is 35.1 Å². The fourth-order valence-electron chi connectivity index (χ4n) is 3.46. The van der Waals surface area contributed by atoms with Gasteiger partial charge in [-0.1, -0.05) is 22.0 Å². The predicted octanol–water partition coefficient (Wildman–Crippen LogP) is 3.30. The minimum absolute atomic E-state index is 0.726. The molecule has 1 fully saturated rings. The van der Waals surface area contributed by atoms with Crippen LogP contribution in [-0.2, 0) is 11.2 Å². The molecule has 7 nitrogen and oxygen atoms in total. The van der Waals surface area contributed by atoms with Gasteiger partial charge in [-0.2, -0.15) is 0 Å². The zero-order valence-electron chi connectivity index (χ0n) is 16.1. The van der Waals surface area contributed by atoms with Crippen LogP contribution in [0.2, 0.25) is 0 Å². The number of imidazole rings is 1. The maximum absolute atomic E-state index is 5.46. The van der Waals surface area contributed by atoms with Gasteiger partial charge in [-0.3, -0.25) is 4.40 Å². The summed E-state index contributed by atoms with van der Waals surface area (Å²) in [6.45, 7) is 5.96. The number of benzene rings is 1. The van der Waals surface area contributed by atoms with Crippen molar-refractivity contribution in [2.24, 2.45) is 0 Å². The molecule has 3 aromatic rings. The van der Waals surface area contributed by atoms with Gasteiger partial charge in [0.2, 0.25) is 0 Å². The van der Waals surface area contributed by atoms with Crippen molar-refractivity contribution in [2.75, 3.05) is 50.2 Å². The van der Waals surface area contributed by atoms with Gasteiger partial charge in [0.05, 0.1) is 26.0 Å². The first kappa shape index (κ1) is 19.0. The molecule has 0 aliphatic carbocycles. The SMILES string of the molecule is COc1ccc(CCNc2c(C)nc3c(N4CCOCC4)nccn23)c(Br)c1. The van der Waals surface area contributed by atoms with Crippen LogP contribution < -0.4 is 15.0 Å². The number of hydrogen-bond acceptors (Lipinski definition) is 6. The van der Waals surface area contributed by atoms with Crippen molar-refractivity contribution in [1.29, 1.82) is 0 Å². The van der Waals surface area contributed by atoms with Crippen LogP contribution in [-0.4, -0.2) is 54.3 Å². The highest BCUT2D eigenvalue weighted by molar-refractivity contribution is 9.10. The van der Waals surface area contributed by atoms with Crippen molar-refractivity contribution in [3.8, 4) is 5.75 Å². The predicted molar refractivity (Wildman–Crippen MR) is 114 cm³/mol. The fraction of sp³-hybridized carbons (Fsp3) is 0.400. The molecule has 4 rings (SSSR count). The molecule has 8 heteroatoms. The lowest BCUT2D eigenvalue weighted by molar-refractivity contribution is 0.122. The van der Waals surface area contributed by atoms with Gasteiger partial charge in [0.25, 0.3) is 0 Å². The van der Waals surface area contributed by atoms with Gasteiger partial charge in [0.1, 0.15) is 11.6 Å². The quantitative estimate of drug-likeness (QED) is 0.627. The number of methoxy groups -OCH3 is 1. The summed E-state index contributed by atoms with van der Waals surface area (Å²) in [5.74, 6) is 2.78. The summed E-state index contributed by atoms with van der Waals surface area (Å²) < 4.78 is 13.9. The third kappa shape index (κ3) is 3.79. The van der Waals surface area contributed by atoms with Gasteiger partial charge in [0.15, 0.2) is 11.5 Å². The van der Waals surface area contributed by atoms with Crippen molar-refractivity contribution < 1.29 is 9.47 Å². The van der Waals surface area contributed by atoms with E-state index in [0.717, 1.165) is 72.5 Å². The number of anilines is 2. The maximum Gasteiger partial charge on any atom is 0.182 e. The number of morpholine rings is 1. The largest absolute Gasteiger partial charge is 0.497 e. The Morgan fingerprint density at radius 3 is 2.86 bits per heavy atom. The van der Waals surface area contributed by atoms with E-state index in [1.807, 2.05) is 31.5 Å². The second-order valence-electron chi connectivity index (χ2n) is 6.72. The van der Waals surface area contributed by atoms with Gasteiger partial charge in [-0.25, -0.2) is 9.97 Å². The first-order valence-corrected chi connectivity index (χ1v) is 10.2. The Labute approximate surface area is 172 Å². The second kappa shape index (κ2) is 8.36. The maximum atomic E-state index is 5.46. The number of nitrogens with zero attached hydrogens (tertiary/aromatic N) is 4. The van der Waals surface area contributed by atoms with Crippen molar-refractivity contribution in [3.63, 3.8) is 0 Å². The fourth-order valence-corrected chi connectivity index (χ4v) is 4.02. The highest BCUT2D eigenvalue weighted by Crippen LogP contribution is 2.26. The van der Waals surface area contributed by atoms with Gasteiger partial charge < -0.3 is 19.7 Å². The topological polar surface area (TPSA) is 63.9 Å². The summed E-state index contributed by atoms with van der Waals surface area (Å²) in [5.41, 5.74) is 3.08. The van der Waals surface area contributed by atoms with Gasteiger partial charge in [0, 0.05) is 36.5 Å². The molecule has 0 amide bonds. The van der Waals surface area contributed by atoms with E-state index < -0.39 is 0 Å². The van der Waals surface area contributed by atoms with Crippen LogP contribution in [0.4, 0.5) is 11.6 Å². The highest BCUT2D eigenvalue weighted by atomic mass is 79.9. The Balaban J connectivity index is 1.52. The van der Waals surface area contributed by atoms with Crippen molar-refractivity contribution in [2.45, 2.75) is 13.3 Å². The molecular weight excluding hydrogens is 422 g/mol. The number of fused-ring (bicyclic) bond motifs is 1. The average Bonchev–Trinajstić information content (AvgIpc) is 3.05. The minimum Gasteiger partial charge on any atom is -0.497 e. The molecule has 1 aliphatic rings. The number of aromatic nitrogens is 3. The lowest BCUT2D eigenvalue weighted by Gasteiger charge is -2.27. The van der Waals surface area contributed by atoms with Crippen LogP contribution in [0.1, 0.15) is 11.3 Å². The van der Waals surface area contributed by atoms with Crippen LogP contribution in [0, 0.1) is 6.92 Å². The molecule has 0 bridgehead atoms. The first-order chi connectivity index (χ1) is 13.7. The smallest absolute Gasteiger partial charge is 0.182 e. The average molecular weight is 446 g/mol. The van der Waals surface area contributed by atoms with E-state index in [1.54, 1.807) is 7.11 Å². The summed E-state index contributed by atoms with van der Waals surface area (Å²) in [6, 6.07) is 6.07. The van der Waals surface area contributed by atoms with E-state index in [-0.39, 0.29) is 0 Å². The molecule has 148 valence electrons. The molecule has 1 N–H and O–H groups in total. The number of nitrogens with one attached hydrogen (secondary N) is 1. The van der Waals surface area contributed by atoms with Crippen LogP contribution in [0.25, 0.3) is 5.65 Å². The Kier molecular flexibility index (Phi) is 5.68. The third-order valence-electron chi connectivity index (χ3n) is 4.96. The van der Waals surface area contributed by atoms with E-state index in [0.29, 0.717) is 0 Å². The Morgan fingerprint density at radius 1 is 1.29 bits per heavy atom. The molecule has 0 spiro atoms. The molecule has 0 saturated carbocycles. The Hall–Kier alpha value is -2.32. The van der Waals surface area contributed by atoms with Crippen molar-refractivity contribution in [1.82, 2.24) is 14.4 Å². The Morgan fingerprint density at radius 2 is 2.11 bits per heavy atom. The van der Waals surface area contributed by atoms with E-state index in [2.05, 4.69) is 41.6 Å². The normalized spacial score (nSPS) is 14.5. The summed E-state index contributed by atoms with van der Waals surface area (Å²) in [7, 11) is 1.68. The molecular formula is C20H24BrN5O2. The summed E-state index contributed by atoms with van der Waals surface area (Å²) in [6.07, 6.45) is 4.69. The molecule has 0 atom stereocenters. The molecule has 3 heterocycles. The second-order valence-corrected chi connectivity index (χ2v) is 7.58. The van der Waals surface area contributed by atoms with E-state index in [1.165, 1.54) is 5.56 Å². The summed E-state index contributed by atoms with van der Waals surface area (Å²) in [5, 5.41) is 3.55. The lowest BCUT2D eigenvalue weighted by Crippen LogP contribution is -2.37. The molecule has 2 aromatic heterocycles. The van der Waals surface area contributed by atoms with Gasteiger partial charge in [-0.05, 0) is 31.0 Å². The number of rotatable bonds is 6. The third-order valence-corrected chi connectivity index (χ3v) is 5.69. The molecule has 1 aromatic carbocycles. The number of hydrogen-bond donors (Lipinski definition) is 1. The van der Waals surface area contributed by atoms with E-state index in [4.69, 9.17) is 14.5 Å². The first-order valence-electron chi connectivity index (χ1n) is 9.40. The number of aryl methyl sites for hydroxylation is 1. The van der Waals surface area contributed by atoms with Crippen molar-refractivity contribution in [3.05, 3.63) is 46.3 Å². The zero-order chi connectivity index (χ0) is 19.5. The number of ether oxygens (including phenoxy) is 2. The van der Waals surface area contributed by atoms with Crippen LogP contribution in [0.3, 0.4) is 0 Å². The van der Waals surface area contributed by atoms with E-state index >= 15 is 0 Å². The molecule has 0 unspecified atom stereocenters. The van der Waals surface area contributed by atoms with E-state index in [9.17, 15) is 0 Å². The standard InChI is InChI=1S/C20H24BrN5O2/c1-14-18(22-6-5-15-3-4-16(27-2)13-17(15)21)26-8-7-23-19(20(26)24-14)25-9-11-28-12-10-25/h3-4,7-8,13,22H,5-6,9-12H2,1-2H3. The molecule has 0 radical (unpaired) electrons. The lowest BCUT2D eigenvalue weighted by atomic mass is 10.1. The highest BCUT2D eigenvalue weighted by Gasteiger charge is 2.19.